The summed E-state index contributed by atoms with van der Waals surface area (Å²) in [6, 6.07) is 16.0. The minimum atomic E-state index is -3.81. The van der Waals surface area contributed by atoms with E-state index in [1.54, 1.807) is 12.1 Å². The van der Waals surface area contributed by atoms with Crippen LogP contribution in [0.1, 0.15) is 25.8 Å². The molecule has 1 fully saturated rings. The van der Waals surface area contributed by atoms with Crippen LogP contribution in [0.2, 0.25) is 0 Å². The van der Waals surface area contributed by atoms with E-state index in [-0.39, 0.29) is 49.5 Å². The van der Waals surface area contributed by atoms with Crippen molar-refractivity contribution in [3.8, 4) is 5.75 Å². The third kappa shape index (κ3) is 6.34. The van der Waals surface area contributed by atoms with Crippen molar-refractivity contribution in [1.29, 1.82) is 0 Å². The van der Waals surface area contributed by atoms with E-state index >= 15 is 0 Å². The molecule has 1 heterocycles. The normalized spacial score (nSPS) is 14.6. The number of halogens is 2. The molecule has 11 heteroatoms. The molecule has 0 atom stereocenters. The monoisotopic (exact) mass is 651 g/mol. The summed E-state index contributed by atoms with van der Waals surface area (Å²) >= 11 is 6.56. The van der Waals surface area contributed by atoms with Gasteiger partial charge < -0.3 is 9.64 Å². The lowest BCUT2D eigenvalue weighted by Gasteiger charge is -2.34. The van der Waals surface area contributed by atoms with E-state index in [1.807, 2.05) is 50.2 Å². The van der Waals surface area contributed by atoms with Crippen molar-refractivity contribution in [3.05, 3.63) is 69.1 Å². The number of imide groups is 1. The van der Waals surface area contributed by atoms with E-state index in [1.165, 1.54) is 15.9 Å². The Morgan fingerprint density at radius 1 is 1.05 bits per heavy atom. The van der Waals surface area contributed by atoms with E-state index < -0.39 is 16.1 Å². The molecule has 1 saturated heterocycles. The van der Waals surface area contributed by atoms with Crippen LogP contribution in [-0.4, -0.2) is 55.9 Å². The number of sulfonamides is 1. The highest BCUT2D eigenvalue weighted by molar-refractivity contribution is 9.11. The molecule has 0 radical (unpaired) electrons. The zero-order valence-electron chi connectivity index (χ0n) is 20.4. The van der Waals surface area contributed by atoms with E-state index in [9.17, 15) is 18.0 Å². The fourth-order valence-electron chi connectivity index (χ4n) is 4.18. The van der Waals surface area contributed by atoms with Crippen molar-refractivity contribution in [1.82, 2.24) is 14.5 Å². The van der Waals surface area contributed by atoms with Crippen molar-refractivity contribution in [2.45, 2.75) is 37.8 Å². The van der Waals surface area contributed by atoms with Crippen LogP contribution in [0, 0.1) is 0 Å². The van der Waals surface area contributed by atoms with Gasteiger partial charge in [-0.05, 0) is 64.8 Å². The molecule has 4 rings (SSSR count). The molecule has 0 aromatic heterocycles. The maximum Gasteiger partial charge on any atom is 0.327 e. The summed E-state index contributed by atoms with van der Waals surface area (Å²) in [5.41, 5.74) is 0.760. The number of benzene rings is 3. The highest BCUT2D eigenvalue weighted by Crippen LogP contribution is 2.31. The first kappa shape index (κ1) is 27.6. The molecule has 0 unspecified atom stereocenters. The Morgan fingerprint density at radius 2 is 1.81 bits per heavy atom. The van der Waals surface area contributed by atoms with E-state index in [0.29, 0.717) is 14.7 Å². The van der Waals surface area contributed by atoms with Gasteiger partial charge in [-0.1, -0.05) is 46.3 Å². The predicted molar refractivity (Wildman–Crippen MR) is 149 cm³/mol. The highest BCUT2D eigenvalue weighted by Gasteiger charge is 2.33. The summed E-state index contributed by atoms with van der Waals surface area (Å²) in [7, 11) is -3.81. The van der Waals surface area contributed by atoms with Crippen LogP contribution in [0.25, 0.3) is 10.8 Å². The molecule has 1 aliphatic heterocycles. The summed E-state index contributed by atoms with van der Waals surface area (Å²) in [6.45, 7) is 4.26. The predicted octanol–water partition coefficient (Wildman–Crippen LogP) is 5.28. The summed E-state index contributed by atoms with van der Waals surface area (Å²) in [5, 5.41) is 1.89. The number of fused-ring (bicyclic) bond motifs is 1. The molecule has 8 nitrogen and oxygen atoms in total. The fourth-order valence-corrected chi connectivity index (χ4v) is 6.70. The van der Waals surface area contributed by atoms with Crippen molar-refractivity contribution in [2.75, 3.05) is 19.6 Å². The zero-order valence-corrected chi connectivity index (χ0v) is 24.4. The third-order valence-electron chi connectivity index (χ3n) is 5.93. The van der Waals surface area contributed by atoms with Crippen molar-refractivity contribution in [2.24, 2.45) is 0 Å². The fraction of sp³-hybridized carbons (Fsp3) is 0.308. The van der Waals surface area contributed by atoms with Gasteiger partial charge in [-0.25, -0.2) is 17.9 Å². The van der Waals surface area contributed by atoms with E-state index in [4.69, 9.17) is 4.74 Å². The maximum absolute atomic E-state index is 13.3. The van der Waals surface area contributed by atoms with Crippen molar-refractivity contribution >= 4 is 64.6 Å². The Labute approximate surface area is 233 Å². The van der Waals surface area contributed by atoms with Gasteiger partial charge in [-0.2, -0.15) is 0 Å². The lowest BCUT2D eigenvalue weighted by Crippen LogP contribution is -2.53. The zero-order chi connectivity index (χ0) is 26.7. The van der Waals surface area contributed by atoms with Crippen LogP contribution in [0.5, 0.6) is 5.75 Å². The van der Waals surface area contributed by atoms with Crippen LogP contribution in [0.15, 0.2) is 68.4 Å². The smallest absolute Gasteiger partial charge is 0.327 e. The molecule has 1 aliphatic rings. The van der Waals surface area contributed by atoms with E-state index in [2.05, 4.69) is 36.6 Å². The van der Waals surface area contributed by atoms with Gasteiger partial charge in [0.1, 0.15) is 5.75 Å². The van der Waals surface area contributed by atoms with Gasteiger partial charge in [0.15, 0.2) is 0 Å². The van der Waals surface area contributed by atoms with Crippen LogP contribution in [-0.2, 0) is 21.4 Å². The number of carbonyl (C=O) groups excluding carboxylic acids is 2. The summed E-state index contributed by atoms with van der Waals surface area (Å²) in [6.07, 6.45) is 0.0725. The number of nitrogens with one attached hydrogen (secondary N) is 1. The molecule has 37 heavy (non-hydrogen) atoms. The maximum atomic E-state index is 13.3. The summed E-state index contributed by atoms with van der Waals surface area (Å²) in [4.78, 5) is 29.0. The first-order chi connectivity index (χ1) is 17.6. The Hall–Kier alpha value is -2.47. The SMILES string of the molecule is CC(C)Oc1ccc2ccccc2c1CN1C(=O)CCN(CCNS(=O)(=O)c2cc(Br)ccc2Br)C1=O. The van der Waals surface area contributed by atoms with Gasteiger partial charge in [0.2, 0.25) is 15.9 Å². The standard InChI is InChI=1S/C26H27Br2N3O5S/c1-17(2)36-23-10-7-18-5-3-4-6-20(18)21(23)16-31-25(32)11-13-30(26(31)33)14-12-29-37(34,35)24-15-19(27)8-9-22(24)28/h3-10,15,17,29H,11-14,16H2,1-2H3. The molecular weight excluding hydrogens is 626 g/mol. The average Bonchev–Trinajstić information content (AvgIpc) is 2.85. The third-order valence-corrected chi connectivity index (χ3v) is 8.88. The van der Waals surface area contributed by atoms with Gasteiger partial charge in [0.25, 0.3) is 0 Å². The van der Waals surface area contributed by atoms with Crippen LogP contribution in [0.3, 0.4) is 0 Å². The summed E-state index contributed by atoms with van der Waals surface area (Å²) < 4.78 is 35.2. The largest absolute Gasteiger partial charge is 0.491 e. The number of hydrogen-bond donors (Lipinski definition) is 1. The second-order valence-electron chi connectivity index (χ2n) is 8.90. The van der Waals surface area contributed by atoms with Crippen LogP contribution in [0.4, 0.5) is 4.79 Å². The molecule has 0 saturated carbocycles. The van der Waals surface area contributed by atoms with Crippen LogP contribution < -0.4 is 9.46 Å². The van der Waals surface area contributed by atoms with Gasteiger partial charge in [0.05, 0.1) is 17.5 Å². The number of hydrogen-bond acceptors (Lipinski definition) is 5. The molecule has 3 aromatic carbocycles. The van der Waals surface area contributed by atoms with Crippen molar-refractivity contribution < 1.29 is 22.7 Å². The number of urea groups is 1. The van der Waals surface area contributed by atoms with Gasteiger partial charge >= 0.3 is 6.03 Å². The second-order valence-corrected chi connectivity index (χ2v) is 12.4. The Morgan fingerprint density at radius 3 is 2.57 bits per heavy atom. The lowest BCUT2D eigenvalue weighted by molar-refractivity contribution is -0.131. The number of rotatable bonds is 9. The molecular formula is C26H27Br2N3O5S. The lowest BCUT2D eigenvalue weighted by atomic mass is 10.0. The Kier molecular flexibility index (Phi) is 8.57. The quantitative estimate of drug-likeness (QED) is 0.339. The topological polar surface area (TPSA) is 96.0 Å². The number of nitrogens with zero attached hydrogens (tertiary/aromatic N) is 2. The number of ether oxygens (including phenoxy) is 1. The number of amides is 3. The molecule has 0 aliphatic carbocycles. The molecule has 1 N–H and O–H groups in total. The van der Waals surface area contributed by atoms with Gasteiger partial charge in [0, 0.05) is 40.6 Å². The second kappa shape index (κ2) is 11.5. The summed E-state index contributed by atoms with van der Waals surface area (Å²) in [5.74, 6) is 0.349. The Balaban J connectivity index is 1.51. The van der Waals surface area contributed by atoms with Gasteiger partial charge in [-0.3, -0.25) is 9.69 Å². The molecule has 3 amide bonds. The average molecular weight is 653 g/mol. The highest BCUT2D eigenvalue weighted by atomic mass is 79.9. The first-order valence-electron chi connectivity index (χ1n) is 11.8. The van der Waals surface area contributed by atoms with Crippen molar-refractivity contribution in [3.63, 3.8) is 0 Å². The van der Waals surface area contributed by atoms with Crippen LogP contribution >= 0.6 is 31.9 Å². The molecule has 0 bridgehead atoms. The minimum absolute atomic E-state index is 0.00500. The molecule has 0 spiro atoms. The first-order valence-corrected chi connectivity index (χ1v) is 14.8. The Bertz CT molecular complexity index is 1450. The number of carbonyl (C=O) groups is 2. The molecule has 3 aromatic rings. The minimum Gasteiger partial charge on any atom is -0.491 e. The van der Waals surface area contributed by atoms with E-state index in [0.717, 1.165) is 16.3 Å². The molecule has 196 valence electrons. The van der Waals surface area contributed by atoms with Gasteiger partial charge in [-0.15, -0.1) is 0 Å².